The lowest BCUT2D eigenvalue weighted by atomic mass is 10.5. The lowest BCUT2D eigenvalue weighted by Gasteiger charge is -2.31. The predicted octanol–water partition coefficient (Wildman–Crippen LogP) is 2.18. The van der Waals surface area contributed by atoms with Crippen LogP contribution in [-0.4, -0.2) is 39.2 Å². The number of rotatable bonds is 9. The molecular weight excluding hydrogens is 280 g/mol. The predicted molar refractivity (Wildman–Crippen MR) is 82.1 cm³/mol. The number of carbonyl (C=O) groups excluding carboxylic acids is 1. The van der Waals surface area contributed by atoms with Crippen LogP contribution in [0.3, 0.4) is 0 Å². The van der Waals surface area contributed by atoms with E-state index in [1.54, 1.807) is 0 Å². The topological polar surface area (TPSA) is 44.8 Å². The average Bonchev–Trinajstić information content (AvgIpc) is 2.19. The fourth-order valence-corrected chi connectivity index (χ4v) is 11.1. The summed E-state index contributed by atoms with van der Waals surface area (Å²) in [5.41, 5.74) is 0. The number of esters is 1. The zero-order valence-electron chi connectivity index (χ0n) is 12.2. The van der Waals surface area contributed by atoms with Gasteiger partial charge in [-0.3, -0.25) is 0 Å². The van der Waals surface area contributed by atoms with E-state index in [1.165, 1.54) is 6.08 Å². The first kappa shape index (κ1) is 17.8. The minimum absolute atomic E-state index is 0.352. The molecule has 0 spiro atoms. The van der Waals surface area contributed by atoms with E-state index in [0.717, 1.165) is 12.5 Å². The first-order valence-electron chi connectivity index (χ1n) is 6.29. The fraction of sp³-hybridized carbons (Fsp3) is 0.727. The van der Waals surface area contributed by atoms with Crippen LogP contribution in [-0.2, 0) is 17.8 Å². The zero-order valence-corrected chi connectivity index (χ0v) is 15.7. The van der Waals surface area contributed by atoms with Crippen LogP contribution in [0.1, 0.15) is 6.42 Å². The van der Waals surface area contributed by atoms with Crippen LogP contribution in [0.4, 0.5) is 0 Å². The molecule has 0 fully saturated rings. The van der Waals surface area contributed by atoms with Crippen LogP contribution >= 0.6 is 0 Å². The van der Waals surface area contributed by atoms with Gasteiger partial charge in [-0.25, -0.2) is 4.79 Å². The van der Waals surface area contributed by atoms with E-state index in [9.17, 15) is 4.79 Å². The van der Waals surface area contributed by atoms with E-state index < -0.39 is 26.6 Å². The van der Waals surface area contributed by atoms with Gasteiger partial charge < -0.3 is 13.0 Å². The van der Waals surface area contributed by atoms with Crippen molar-refractivity contribution in [3.63, 3.8) is 0 Å². The van der Waals surface area contributed by atoms with Crippen molar-refractivity contribution in [2.45, 2.75) is 45.2 Å². The Morgan fingerprint density at radius 2 is 1.89 bits per heavy atom. The first-order chi connectivity index (χ1) is 8.16. The summed E-state index contributed by atoms with van der Waals surface area (Å²) in [6, 6.07) is 1.01. The number of hydrogen-bond donors (Lipinski definition) is 0. The van der Waals surface area contributed by atoms with E-state index in [0.29, 0.717) is 6.61 Å². The Kier molecular flexibility index (Phi) is 7.95. The molecule has 0 aromatic heterocycles. The van der Waals surface area contributed by atoms with Gasteiger partial charge in [-0.15, -0.1) is 0 Å². The molecule has 0 aliphatic carbocycles. The fourth-order valence-electron chi connectivity index (χ4n) is 1.52. The van der Waals surface area contributed by atoms with Gasteiger partial charge >= 0.3 is 14.5 Å². The minimum atomic E-state index is -1.93. The van der Waals surface area contributed by atoms with Crippen molar-refractivity contribution in [2.75, 3.05) is 6.61 Å². The molecule has 0 N–H and O–H groups in total. The Morgan fingerprint density at radius 3 is 2.39 bits per heavy atom. The van der Waals surface area contributed by atoms with Gasteiger partial charge in [0.05, 0.1) is 6.61 Å². The lowest BCUT2D eigenvalue weighted by molar-refractivity contribution is -0.137. The van der Waals surface area contributed by atoms with E-state index in [1.807, 2.05) is 0 Å². The van der Waals surface area contributed by atoms with Crippen LogP contribution < -0.4 is 0 Å². The summed E-state index contributed by atoms with van der Waals surface area (Å²) in [6.07, 6.45) is 2.05. The molecule has 0 saturated heterocycles. The van der Waals surface area contributed by atoms with Gasteiger partial charge in [-0.2, -0.15) is 0 Å². The lowest BCUT2D eigenvalue weighted by Crippen LogP contribution is -2.45. The molecule has 0 saturated carbocycles. The molecule has 0 aromatic carbocycles. The minimum Gasteiger partial charge on any atom is -0.463 e. The molecule has 0 bridgehead atoms. The normalized spacial score (nSPS) is 12.9. The van der Waals surface area contributed by atoms with Crippen LogP contribution in [0.2, 0.25) is 38.8 Å². The Balaban J connectivity index is 3.65. The third-order valence-corrected chi connectivity index (χ3v) is 10.8. The SMILES string of the molecule is C=CC(=O)OCCC[SiH2]O[Si](C)(C)O[Si](C)(C)C. The maximum atomic E-state index is 10.8. The van der Waals surface area contributed by atoms with Gasteiger partial charge in [0.2, 0.25) is 0 Å². The van der Waals surface area contributed by atoms with Crippen molar-refractivity contribution < 1.29 is 17.8 Å². The molecule has 0 radical (unpaired) electrons. The van der Waals surface area contributed by atoms with Crippen LogP contribution in [0.5, 0.6) is 0 Å². The molecule has 0 rings (SSSR count). The Bertz CT molecular complexity index is 274. The molecule has 7 heteroatoms. The van der Waals surface area contributed by atoms with Crippen molar-refractivity contribution in [2.24, 2.45) is 0 Å². The third kappa shape index (κ3) is 10.9. The monoisotopic (exact) mass is 306 g/mol. The summed E-state index contributed by atoms with van der Waals surface area (Å²) in [7, 11) is -4.01. The maximum Gasteiger partial charge on any atom is 0.330 e. The van der Waals surface area contributed by atoms with E-state index in [4.69, 9.17) is 13.0 Å². The summed E-state index contributed by atoms with van der Waals surface area (Å²) in [5, 5.41) is 0. The highest BCUT2D eigenvalue weighted by molar-refractivity contribution is 6.82. The maximum absolute atomic E-state index is 10.8. The van der Waals surface area contributed by atoms with Gasteiger partial charge in [0.1, 0.15) is 9.76 Å². The Hall–Kier alpha value is -0.219. The summed E-state index contributed by atoms with van der Waals surface area (Å²) in [5.74, 6) is -0.352. The van der Waals surface area contributed by atoms with Crippen molar-refractivity contribution in [1.29, 1.82) is 0 Å². The first-order valence-corrected chi connectivity index (χ1v) is 14.1. The van der Waals surface area contributed by atoms with Gasteiger partial charge in [-0.1, -0.05) is 6.58 Å². The number of hydrogen-bond acceptors (Lipinski definition) is 4. The van der Waals surface area contributed by atoms with Crippen molar-refractivity contribution in [3.8, 4) is 0 Å². The molecule has 0 atom stereocenters. The quantitative estimate of drug-likeness (QED) is 0.283. The summed E-state index contributed by atoms with van der Waals surface area (Å²) >= 11 is 0. The van der Waals surface area contributed by atoms with Gasteiger partial charge in [0, 0.05) is 6.08 Å². The van der Waals surface area contributed by atoms with Crippen molar-refractivity contribution >= 4 is 32.6 Å². The molecule has 0 aliphatic heterocycles. The van der Waals surface area contributed by atoms with Gasteiger partial charge in [0.25, 0.3) is 0 Å². The van der Waals surface area contributed by atoms with Crippen molar-refractivity contribution in [3.05, 3.63) is 12.7 Å². The molecule has 0 aliphatic rings. The van der Waals surface area contributed by atoms with E-state index >= 15 is 0 Å². The van der Waals surface area contributed by atoms with E-state index in [-0.39, 0.29) is 5.97 Å². The van der Waals surface area contributed by atoms with Gasteiger partial charge in [-0.05, 0) is 45.2 Å². The highest BCUT2D eigenvalue weighted by atomic mass is 28.5. The zero-order chi connectivity index (χ0) is 14.2. The van der Waals surface area contributed by atoms with Crippen LogP contribution in [0.25, 0.3) is 0 Å². The second-order valence-electron chi connectivity index (χ2n) is 5.54. The van der Waals surface area contributed by atoms with Crippen molar-refractivity contribution in [1.82, 2.24) is 0 Å². The largest absolute Gasteiger partial charge is 0.463 e. The molecule has 0 amide bonds. The summed E-state index contributed by atoms with van der Waals surface area (Å²) in [4.78, 5) is 10.8. The molecular formula is C11H26O4Si3. The highest BCUT2D eigenvalue weighted by Gasteiger charge is 2.30. The van der Waals surface area contributed by atoms with Crippen LogP contribution in [0.15, 0.2) is 12.7 Å². The Morgan fingerprint density at radius 1 is 1.28 bits per heavy atom. The molecule has 0 unspecified atom stereocenters. The smallest absolute Gasteiger partial charge is 0.330 e. The summed E-state index contributed by atoms with van der Waals surface area (Å²) in [6.45, 7) is 14.6. The molecule has 0 heterocycles. The molecule has 106 valence electrons. The average molecular weight is 307 g/mol. The summed E-state index contributed by atoms with van der Waals surface area (Å²) < 4.78 is 16.9. The highest BCUT2D eigenvalue weighted by Crippen LogP contribution is 2.15. The third-order valence-electron chi connectivity index (χ3n) is 1.95. The van der Waals surface area contributed by atoms with Crippen LogP contribution in [0, 0.1) is 0 Å². The van der Waals surface area contributed by atoms with Gasteiger partial charge in [0.15, 0.2) is 8.32 Å². The molecule has 4 nitrogen and oxygen atoms in total. The standard InChI is InChI=1S/C11H26O4Si3/c1-7-11(12)13-9-8-10-16-14-18(5,6)15-17(2,3)4/h7H,1,8-10,16H2,2-6H3. The molecule has 0 aromatic rings. The number of carbonyl (C=O) groups is 1. The molecule has 18 heavy (non-hydrogen) atoms. The van der Waals surface area contributed by atoms with E-state index in [2.05, 4.69) is 39.3 Å². The number of ether oxygens (including phenoxy) is 1. The second kappa shape index (κ2) is 8.05. The Labute approximate surface area is 115 Å². The second-order valence-corrected chi connectivity index (χ2v) is 15.7.